The average molecular weight is 486 g/mol. The average Bonchev–Trinajstić information content (AvgIpc) is 2.89. The number of hydrogen-bond donors (Lipinski definition) is 2. The Balaban J connectivity index is 1.66. The van der Waals surface area contributed by atoms with E-state index in [1.165, 1.54) is 18.2 Å². The quantitative estimate of drug-likeness (QED) is 0.505. The fourth-order valence-electron chi connectivity index (χ4n) is 4.15. The van der Waals surface area contributed by atoms with Crippen molar-refractivity contribution in [2.75, 3.05) is 40.5 Å². The van der Waals surface area contributed by atoms with E-state index in [-0.39, 0.29) is 23.3 Å². The number of methoxy groups -OCH3 is 2. The molecule has 1 atom stereocenters. The van der Waals surface area contributed by atoms with Gasteiger partial charge in [0, 0.05) is 38.9 Å². The van der Waals surface area contributed by atoms with Crippen LogP contribution in [0.5, 0.6) is 5.75 Å². The number of benzene rings is 2. The van der Waals surface area contributed by atoms with Gasteiger partial charge < -0.3 is 25.0 Å². The number of amides is 3. The summed E-state index contributed by atoms with van der Waals surface area (Å²) in [5.41, 5.74) is 0.446. The third kappa shape index (κ3) is 7.02. The Morgan fingerprint density at radius 2 is 1.74 bits per heavy atom. The minimum Gasteiger partial charge on any atom is -0.497 e. The Labute approximate surface area is 204 Å². The Kier molecular flexibility index (Phi) is 9.60. The van der Waals surface area contributed by atoms with Crippen LogP contribution in [0.25, 0.3) is 0 Å². The highest BCUT2D eigenvalue weighted by Crippen LogP contribution is 2.24. The predicted octanol–water partition coefficient (Wildman–Crippen LogP) is 2.64. The van der Waals surface area contributed by atoms with E-state index in [4.69, 9.17) is 9.47 Å². The minimum absolute atomic E-state index is 0.0953. The van der Waals surface area contributed by atoms with Crippen molar-refractivity contribution < 1.29 is 28.2 Å². The maximum Gasteiger partial charge on any atom is 0.254 e. The molecule has 1 aliphatic rings. The number of halogens is 1. The first-order valence-electron chi connectivity index (χ1n) is 11.7. The molecule has 2 aromatic carbocycles. The number of nitrogens with zero attached hydrogens (tertiary/aromatic N) is 1. The molecule has 0 saturated carbocycles. The number of carbonyl (C=O) groups excluding carboxylic acids is 3. The van der Waals surface area contributed by atoms with Gasteiger partial charge in [0.05, 0.1) is 12.7 Å². The van der Waals surface area contributed by atoms with Gasteiger partial charge >= 0.3 is 0 Å². The monoisotopic (exact) mass is 485 g/mol. The molecule has 1 heterocycles. The van der Waals surface area contributed by atoms with Gasteiger partial charge in [-0.3, -0.25) is 14.4 Å². The second-order valence-electron chi connectivity index (χ2n) is 8.43. The molecule has 0 aromatic heterocycles. The summed E-state index contributed by atoms with van der Waals surface area (Å²) in [5.74, 6) is -1.24. The lowest BCUT2D eigenvalue weighted by atomic mass is 9.88. The van der Waals surface area contributed by atoms with Crippen LogP contribution >= 0.6 is 0 Å². The van der Waals surface area contributed by atoms with Crippen molar-refractivity contribution in [2.45, 2.75) is 25.3 Å². The summed E-state index contributed by atoms with van der Waals surface area (Å²) in [6.45, 7) is 1.78. The van der Waals surface area contributed by atoms with Gasteiger partial charge in [0.2, 0.25) is 5.91 Å². The van der Waals surface area contributed by atoms with Gasteiger partial charge in [0.1, 0.15) is 17.6 Å². The molecule has 0 bridgehead atoms. The maximum atomic E-state index is 14.1. The number of piperidine rings is 1. The molecular weight excluding hydrogens is 453 g/mol. The zero-order valence-electron chi connectivity index (χ0n) is 20.1. The van der Waals surface area contributed by atoms with E-state index in [1.807, 2.05) is 0 Å². The SMILES string of the molecule is COCCCNC(=O)[C@@H](NC(=O)c1ccccc1F)C1CCN(C(=O)c2ccc(OC)cc2)CC1. The molecule has 3 rings (SSSR count). The molecule has 2 aromatic rings. The van der Waals surface area contributed by atoms with Crippen molar-refractivity contribution >= 4 is 17.7 Å². The van der Waals surface area contributed by atoms with E-state index in [9.17, 15) is 18.8 Å². The maximum absolute atomic E-state index is 14.1. The number of rotatable bonds is 10. The molecule has 35 heavy (non-hydrogen) atoms. The van der Waals surface area contributed by atoms with E-state index in [1.54, 1.807) is 49.5 Å². The first kappa shape index (κ1) is 26.2. The standard InChI is InChI=1S/C26H32FN3O5/c1-34-17-5-14-28-25(32)23(29-24(31)21-6-3-4-7-22(21)27)18-12-15-30(16-13-18)26(33)19-8-10-20(35-2)11-9-19/h3-4,6-11,18,23H,5,12-17H2,1-2H3,(H,28,32)(H,29,31)/t23-/m0/s1. The molecule has 8 nitrogen and oxygen atoms in total. The van der Waals surface area contributed by atoms with Gasteiger partial charge in [0.15, 0.2) is 0 Å². The van der Waals surface area contributed by atoms with Crippen LogP contribution < -0.4 is 15.4 Å². The van der Waals surface area contributed by atoms with Crippen LogP contribution in [-0.2, 0) is 9.53 Å². The summed E-state index contributed by atoms with van der Waals surface area (Å²) in [6, 6.07) is 11.7. The van der Waals surface area contributed by atoms with E-state index >= 15 is 0 Å². The number of nitrogens with one attached hydrogen (secondary N) is 2. The molecule has 2 N–H and O–H groups in total. The van der Waals surface area contributed by atoms with Crippen molar-refractivity contribution in [3.8, 4) is 5.75 Å². The topological polar surface area (TPSA) is 97.0 Å². The highest BCUT2D eigenvalue weighted by atomic mass is 19.1. The van der Waals surface area contributed by atoms with E-state index in [2.05, 4.69) is 10.6 Å². The fraction of sp³-hybridized carbons (Fsp3) is 0.423. The normalized spacial score (nSPS) is 14.8. The molecule has 0 unspecified atom stereocenters. The van der Waals surface area contributed by atoms with Crippen LogP contribution in [-0.4, -0.2) is 69.1 Å². The third-order valence-electron chi connectivity index (χ3n) is 6.15. The molecule has 0 spiro atoms. The zero-order chi connectivity index (χ0) is 25.2. The summed E-state index contributed by atoms with van der Waals surface area (Å²) in [6.07, 6.45) is 1.68. The largest absolute Gasteiger partial charge is 0.497 e. The lowest BCUT2D eigenvalue weighted by Gasteiger charge is -2.36. The second kappa shape index (κ2) is 12.9. The molecule has 0 radical (unpaired) electrons. The Morgan fingerprint density at radius 3 is 2.37 bits per heavy atom. The highest BCUT2D eigenvalue weighted by molar-refractivity contribution is 5.98. The van der Waals surface area contributed by atoms with Crippen molar-refractivity contribution in [1.29, 1.82) is 0 Å². The minimum atomic E-state index is -0.845. The number of ether oxygens (including phenoxy) is 2. The van der Waals surface area contributed by atoms with E-state index < -0.39 is 17.8 Å². The van der Waals surface area contributed by atoms with Crippen molar-refractivity contribution in [1.82, 2.24) is 15.5 Å². The summed E-state index contributed by atoms with van der Waals surface area (Å²) < 4.78 is 24.3. The number of hydrogen-bond acceptors (Lipinski definition) is 5. The van der Waals surface area contributed by atoms with E-state index in [0.29, 0.717) is 56.8 Å². The lowest BCUT2D eigenvalue weighted by Crippen LogP contribution is -2.54. The Bertz CT molecular complexity index is 1010. The molecule has 1 aliphatic heterocycles. The fourth-order valence-corrected chi connectivity index (χ4v) is 4.15. The zero-order valence-corrected chi connectivity index (χ0v) is 20.1. The van der Waals surface area contributed by atoms with Gasteiger partial charge in [0.25, 0.3) is 11.8 Å². The number of carbonyl (C=O) groups is 3. The molecule has 9 heteroatoms. The first-order valence-corrected chi connectivity index (χ1v) is 11.7. The molecular formula is C26H32FN3O5. The van der Waals surface area contributed by atoms with Gasteiger partial charge in [-0.2, -0.15) is 0 Å². The summed E-state index contributed by atoms with van der Waals surface area (Å²) in [5, 5.41) is 5.57. The highest BCUT2D eigenvalue weighted by Gasteiger charge is 2.34. The molecule has 188 valence electrons. The smallest absolute Gasteiger partial charge is 0.254 e. The van der Waals surface area contributed by atoms with Gasteiger partial charge in [-0.1, -0.05) is 12.1 Å². The van der Waals surface area contributed by atoms with Crippen LogP contribution in [0.4, 0.5) is 4.39 Å². The lowest BCUT2D eigenvalue weighted by molar-refractivity contribution is -0.124. The van der Waals surface area contributed by atoms with Gasteiger partial charge in [-0.25, -0.2) is 4.39 Å². The summed E-state index contributed by atoms with van der Waals surface area (Å²) >= 11 is 0. The van der Waals surface area contributed by atoms with Crippen LogP contribution in [0, 0.1) is 11.7 Å². The van der Waals surface area contributed by atoms with Crippen LogP contribution in [0.3, 0.4) is 0 Å². The molecule has 3 amide bonds. The van der Waals surface area contributed by atoms with Crippen LogP contribution in [0.15, 0.2) is 48.5 Å². The predicted molar refractivity (Wildman–Crippen MR) is 129 cm³/mol. The Morgan fingerprint density at radius 1 is 1.06 bits per heavy atom. The number of likely N-dealkylation sites (tertiary alicyclic amines) is 1. The van der Waals surface area contributed by atoms with Gasteiger partial charge in [-0.15, -0.1) is 0 Å². The van der Waals surface area contributed by atoms with Crippen molar-refractivity contribution in [3.05, 3.63) is 65.5 Å². The van der Waals surface area contributed by atoms with Crippen LogP contribution in [0.1, 0.15) is 40.0 Å². The molecule has 1 saturated heterocycles. The van der Waals surface area contributed by atoms with Crippen LogP contribution in [0.2, 0.25) is 0 Å². The van der Waals surface area contributed by atoms with Gasteiger partial charge in [-0.05, 0) is 61.6 Å². The second-order valence-corrected chi connectivity index (χ2v) is 8.43. The molecule has 0 aliphatic carbocycles. The molecule has 1 fully saturated rings. The first-order chi connectivity index (χ1) is 16.9. The summed E-state index contributed by atoms with van der Waals surface area (Å²) in [7, 11) is 3.15. The van der Waals surface area contributed by atoms with Crippen molar-refractivity contribution in [2.24, 2.45) is 5.92 Å². The third-order valence-corrected chi connectivity index (χ3v) is 6.15. The Hall–Kier alpha value is -3.46. The van der Waals surface area contributed by atoms with E-state index in [0.717, 1.165) is 0 Å². The summed E-state index contributed by atoms with van der Waals surface area (Å²) in [4.78, 5) is 40.4. The van der Waals surface area contributed by atoms with Crippen molar-refractivity contribution in [3.63, 3.8) is 0 Å².